The lowest BCUT2D eigenvalue weighted by atomic mass is 10.0. The molecule has 0 atom stereocenters. The van der Waals surface area contributed by atoms with Crippen molar-refractivity contribution in [3.63, 3.8) is 0 Å². The van der Waals surface area contributed by atoms with Crippen molar-refractivity contribution in [2.75, 3.05) is 19.7 Å². The van der Waals surface area contributed by atoms with Crippen LogP contribution in [0.15, 0.2) is 11.1 Å². The lowest BCUT2D eigenvalue weighted by Crippen LogP contribution is -2.24. The fourth-order valence-electron chi connectivity index (χ4n) is 1.49. The average molecular weight is 220 g/mol. The number of carbonyl (C=O) groups is 1. The van der Waals surface area contributed by atoms with Gasteiger partial charge < -0.3 is 10.1 Å². The number of hydrogen-bond donors (Lipinski definition) is 1. The monoisotopic (exact) mass is 219 g/mol. The maximum absolute atomic E-state index is 11.3. The molecule has 1 aliphatic rings. The number of nitrogens with one attached hydrogen (secondary N) is 1. The highest BCUT2D eigenvalue weighted by atomic mass is 35.5. The van der Waals surface area contributed by atoms with E-state index in [-0.39, 0.29) is 18.4 Å². The van der Waals surface area contributed by atoms with Crippen LogP contribution in [0.1, 0.15) is 26.7 Å². The van der Waals surface area contributed by atoms with Gasteiger partial charge in [-0.15, -0.1) is 12.4 Å². The molecule has 0 bridgehead atoms. The molecule has 0 aliphatic carbocycles. The van der Waals surface area contributed by atoms with Crippen molar-refractivity contribution in [1.29, 1.82) is 0 Å². The highest BCUT2D eigenvalue weighted by Crippen LogP contribution is 2.16. The lowest BCUT2D eigenvalue weighted by Gasteiger charge is -2.17. The van der Waals surface area contributed by atoms with Gasteiger partial charge in [0, 0.05) is 5.57 Å². The first-order valence-electron chi connectivity index (χ1n) is 4.82. The summed E-state index contributed by atoms with van der Waals surface area (Å²) in [6.07, 6.45) is 1.95. The van der Waals surface area contributed by atoms with Gasteiger partial charge in [0.25, 0.3) is 0 Å². The highest BCUT2D eigenvalue weighted by molar-refractivity contribution is 5.88. The Hall–Kier alpha value is -0.540. The average Bonchev–Trinajstić information content (AvgIpc) is 2.18. The first kappa shape index (κ1) is 13.5. The summed E-state index contributed by atoms with van der Waals surface area (Å²) in [5.41, 5.74) is 2.06. The van der Waals surface area contributed by atoms with Crippen LogP contribution in [0.3, 0.4) is 0 Å². The summed E-state index contributed by atoms with van der Waals surface area (Å²) in [4.78, 5) is 11.3. The lowest BCUT2D eigenvalue weighted by molar-refractivity contribution is -0.138. The Morgan fingerprint density at radius 3 is 2.50 bits per heavy atom. The van der Waals surface area contributed by atoms with E-state index in [1.54, 1.807) is 0 Å². The fourth-order valence-corrected chi connectivity index (χ4v) is 1.49. The van der Waals surface area contributed by atoms with Crippen molar-refractivity contribution in [3.05, 3.63) is 11.1 Å². The largest absolute Gasteiger partial charge is 0.463 e. The minimum atomic E-state index is -0.153. The topological polar surface area (TPSA) is 38.3 Å². The number of hydrogen-bond acceptors (Lipinski definition) is 3. The number of carbonyl (C=O) groups excluding carboxylic acids is 1. The molecule has 3 nitrogen and oxygen atoms in total. The Labute approximate surface area is 91.3 Å². The quantitative estimate of drug-likeness (QED) is 0.567. The minimum absolute atomic E-state index is 0. The molecule has 0 aromatic rings. The van der Waals surface area contributed by atoms with Crippen LogP contribution in [0.5, 0.6) is 0 Å². The predicted molar refractivity (Wildman–Crippen MR) is 58.7 cm³/mol. The van der Waals surface area contributed by atoms with Crippen LogP contribution >= 0.6 is 12.4 Å². The summed E-state index contributed by atoms with van der Waals surface area (Å²) >= 11 is 0. The Kier molecular flexibility index (Phi) is 6.58. The molecule has 0 aromatic heterocycles. The van der Waals surface area contributed by atoms with E-state index in [0.717, 1.165) is 31.5 Å². The van der Waals surface area contributed by atoms with Crippen LogP contribution in [-0.4, -0.2) is 25.7 Å². The SMILES string of the molecule is CCOC(=O)C(C)=C1CCNCC1.Cl. The van der Waals surface area contributed by atoms with E-state index in [4.69, 9.17) is 4.74 Å². The standard InChI is InChI=1S/C10H17NO2.ClH/c1-3-13-10(12)8(2)9-4-6-11-7-5-9;/h11H,3-7H2,1-2H3;1H. The van der Waals surface area contributed by atoms with E-state index in [2.05, 4.69) is 5.32 Å². The normalized spacial score (nSPS) is 15.7. The molecule has 1 N–H and O–H groups in total. The van der Waals surface area contributed by atoms with Gasteiger partial charge in [0.05, 0.1) is 6.61 Å². The van der Waals surface area contributed by atoms with Crippen molar-refractivity contribution >= 4 is 18.4 Å². The first-order valence-corrected chi connectivity index (χ1v) is 4.82. The molecule has 1 aliphatic heterocycles. The summed E-state index contributed by atoms with van der Waals surface area (Å²) in [5.74, 6) is -0.153. The molecule has 0 aromatic carbocycles. The summed E-state index contributed by atoms with van der Waals surface area (Å²) in [5, 5.41) is 3.25. The van der Waals surface area contributed by atoms with E-state index in [1.165, 1.54) is 5.57 Å². The number of piperidine rings is 1. The zero-order valence-electron chi connectivity index (χ0n) is 8.76. The summed E-state index contributed by atoms with van der Waals surface area (Å²) in [7, 11) is 0. The van der Waals surface area contributed by atoms with Crippen molar-refractivity contribution in [2.24, 2.45) is 0 Å². The molecule has 0 spiro atoms. The fraction of sp³-hybridized carbons (Fsp3) is 0.700. The van der Waals surface area contributed by atoms with Gasteiger partial charge in [-0.2, -0.15) is 0 Å². The third kappa shape index (κ3) is 3.68. The molecule has 82 valence electrons. The van der Waals surface area contributed by atoms with Gasteiger partial charge in [0.1, 0.15) is 0 Å². The highest BCUT2D eigenvalue weighted by Gasteiger charge is 2.13. The van der Waals surface area contributed by atoms with Crippen LogP contribution < -0.4 is 5.32 Å². The van der Waals surface area contributed by atoms with Crippen molar-refractivity contribution in [1.82, 2.24) is 5.32 Å². The van der Waals surface area contributed by atoms with Crippen molar-refractivity contribution in [2.45, 2.75) is 26.7 Å². The second-order valence-electron chi connectivity index (χ2n) is 3.20. The zero-order valence-corrected chi connectivity index (χ0v) is 9.58. The zero-order chi connectivity index (χ0) is 9.68. The summed E-state index contributed by atoms with van der Waals surface area (Å²) < 4.78 is 4.94. The first-order chi connectivity index (χ1) is 6.25. The summed E-state index contributed by atoms with van der Waals surface area (Å²) in [6, 6.07) is 0. The molecule has 1 fully saturated rings. The second kappa shape index (κ2) is 6.85. The van der Waals surface area contributed by atoms with Crippen LogP contribution in [0.2, 0.25) is 0 Å². The Bertz CT molecular complexity index is 218. The van der Waals surface area contributed by atoms with Gasteiger partial charge in [-0.25, -0.2) is 4.79 Å². The molecular formula is C10H18ClNO2. The van der Waals surface area contributed by atoms with E-state index < -0.39 is 0 Å². The van der Waals surface area contributed by atoms with Gasteiger partial charge >= 0.3 is 5.97 Å². The number of rotatable bonds is 2. The third-order valence-corrected chi connectivity index (χ3v) is 2.32. The van der Waals surface area contributed by atoms with Gasteiger partial charge in [-0.3, -0.25) is 0 Å². The molecule has 1 heterocycles. The predicted octanol–water partition coefficient (Wildman–Crippen LogP) is 1.67. The molecule has 0 radical (unpaired) electrons. The maximum Gasteiger partial charge on any atom is 0.333 e. The van der Waals surface area contributed by atoms with E-state index >= 15 is 0 Å². The molecular weight excluding hydrogens is 202 g/mol. The van der Waals surface area contributed by atoms with Crippen molar-refractivity contribution < 1.29 is 9.53 Å². The minimum Gasteiger partial charge on any atom is -0.463 e. The van der Waals surface area contributed by atoms with E-state index in [0.29, 0.717) is 6.61 Å². The van der Waals surface area contributed by atoms with Gasteiger partial charge in [0.2, 0.25) is 0 Å². The van der Waals surface area contributed by atoms with Crippen LogP contribution in [0.4, 0.5) is 0 Å². The molecule has 0 amide bonds. The number of halogens is 1. The molecule has 1 rings (SSSR count). The number of ether oxygens (including phenoxy) is 1. The number of esters is 1. The van der Waals surface area contributed by atoms with Gasteiger partial charge in [-0.1, -0.05) is 5.57 Å². The molecule has 0 saturated carbocycles. The van der Waals surface area contributed by atoms with Crippen molar-refractivity contribution in [3.8, 4) is 0 Å². The van der Waals surface area contributed by atoms with Gasteiger partial charge in [-0.05, 0) is 39.8 Å². The molecule has 4 heteroatoms. The Morgan fingerprint density at radius 2 is 2.00 bits per heavy atom. The van der Waals surface area contributed by atoms with Crippen LogP contribution in [0.25, 0.3) is 0 Å². The van der Waals surface area contributed by atoms with E-state index in [1.807, 2.05) is 13.8 Å². The molecule has 14 heavy (non-hydrogen) atoms. The summed E-state index contributed by atoms with van der Waals surface area (Å²) in [6.45, 7) is 6.11. The second-order valence-corrected chi connectivity index (χ2v) is 3.20. The van der Waals surface area contributed by atoms with Crippen LogP contribution in [0, 0.1) is 0 Å². The smallest absolute Gasteiger partial charge is 0.333 e. The van der Waals surface area contributed by atoms with Crippen LogP contribution in [-0.2, 0) is 9.53 Å². The van der Waals surface area contributed by atoms with Gasteiger partial charge in [0.15, 0.2) is 0 Å². The Balaban J connectivity index is 0.00000169. The molecule has 1 saturated heterocycles. The third-order valence-electron chi connectivity index (χ3n) is 2.32. The maximum atomic E-state index is 11.3. The Morgan fingerprint density at radius 1 is 1.43 bits per heavy atom. The molecule has 0 unspecified atom stereocenters. The van der Waals surface area contributed by atoms with E-state index in [9.17, 15) is 4.79 Å².